The second kappa shape index (κ2) is 8.11. The van der Waals surface area contributed by atoms with E-state index in [2.05, 4.69) is 34.8 Å². The third kappa shape index (κ3) is 4.03. The van der Waals surface area contributed by atoms with Gasteiger partial charge in [-0.1, -0.05) is 37.3 Å². The minimum atomic E-state index is -0.00267. The highest BCUT2D eigenvalue weighted by Crippen LogP contribution is 2.14. The van der Waals surface area contributed by atoms with Gasteiger partial charge in [0.25, 0.3) is 5.91 Å². The Hall–Kier alpha value is -2.14. The summed E-state index contributed by atoms with van der Waals surface area (Å²) < 4.78 is 1.94. The van der Waals surface area contributed by atoms with Gasteiger partial charge in [0.05, 0.1) is 24.0 Å². The van der Waals surface area contributed by atoms with Crippen LogP contribution in [-0.2, 0) is 13.0 Å². The van der Waals surface area contributed by atoms with E-state index in [1.165, 1.54) is 12.0 Å². The van der Waals surface area contributed by atoms with Crippen LogP contribution < -0.4 is 10.6 Å². The number of hydrogen-bond acceptors (Lipinski definition) is 3. The lowest BCUT2D eigenvalue weighted by Gasteiger charge is -2.10. The molecule has 1 atom stereocenters. The highest BCUT2D eigenvalue weighted by atomic mass is 16.1. The van der Waals surface area contributed by atoms with E-state index in [0.29, 0.717) is 18.0 Å². The van der Waals surface area contributed by atoms with E-state index in [0.717, 1.165) is 38.2 Å². The molecule has 1 unspecified atom stereocenters. The van der Waals surface area contributed by atoms with E-state index in [1.54, 1.807) is 6.20 Å². The smallest absolute Gasteiger partial charge is 0.254 e. The lowest BCUT2D eigenvalue weighted by molar-refractivity contribution is 0.0950. The number of nitrogens with one attached hydrogen (secondary N) is 2. The summed E-state index contributed by atoms with van der Waals surface area (Å²) in [6, 6.07) is 10.2. The lowest BCUT2D eigenvalue weighted by atomic mass is 10.1. The van der Waals surface area contributed by atoms with Crippen LogP contribution in [-0.4, -0.2) is 35.3 Å². The Labute approximate surface area is 143 Å². The fourth-order valence-electron chi connectivity index (χ4n) is 3.31. The van der Waals surface area contributed by atoms with Crippen molar-refractivity contribution in [2.45, 2.75) is 32.7 Å². The normalized spacial score (nSPS) is 17.1. The maximum Gasteiger partial charge on any atom is 0.254 e. The van der Waals surface area contributed by atoms with Crippen molar-refractivity contribution in [1.29, 1.82) is 0 Å². The molecular weight excluding hydrogens is 300 g/mol. The van der Waals surface area contributed by atoms with Gasteiger partial charge < -0.3 is 10.6 Å². The van der Waals surface area contributed by atoms with Crippen molar-refractivity contribution in [3.8, 4) is 0 Å². The zero-order chi connectivity index (χ0) is 16.8. The Kier molecular flexibility index (Phi) is 5.64. The van der Waals surface area contributed by atoms with Crippen molar-refractivity contribution in [1.82, 2.24) is 20.4 Å². The summed E-state index contributed by atoms with van der Waals surface area (Å²) in [6.45, 7) is 5.68. The molecule has 5 nitrogen and oxygen atoms in total. The fraction of sp³-hybridized carbons (Fsp3) is 0.474. The van der Waals surface area contributed by atoms with Crippen LogP contribution in [0.2, 0.25) is 0 Å². The Balaban J connectivity index is 1.61. The van der Waals surface area contributed by atoms with Crippen LogP contribution in [0.4, 0.5) is 0 Å². The molecule has 1 amide bonds. The number of hydrogen-bond donors (Lipinski definition) is 2. The van der Waals surface area contributed by atoms with E-state index >= 15 is 0 Å². The SMILES string of the molecule is CCc1c(C(=O)NCCC2CCNC2)cnn1Cc1ccccc1. The molecule has 1 fully saturated rings. The zero-order valence-electron chi connectivity index (χ0n) is 14.3. The van der Waals surface area contributed by atoms with E-state index < -0.39 is 0 Å². The second-order valence-electron chi connectivity index (χ2n) is 6.41. The number of aromatic nitrogens is 2. The molecule has 2 aromatic rings. The zero-order valence-corrected chi connectivity index (χ0v) is 14.3. The van der Waals surface area contributed by atoms with Crippen molar-refractivity contribution in [3.63, 3.8) is 0 Å². The van der Waals surface area contributed by atoms with Gasteiger partial charge in [0.15, 0.2) is 0 Å². The standard InChI is InChI=1S/C19H26N4O/c1-2-18-17(19(24)21-11-9-15-8-10-20-12-15)13-22-23(18)14-16-6-4-3-5-7-16/h3-7,13,15,20H,2,8-12,14H2,1H3,(H,21,24). The molecule has 2 heterocycles. The number of nitrogens with zero attached hydrogens (tertiary/aromatic N) is 2. The number of carbonyl (C=O) groups excluding carboxylic acids is 1. The molecule has 2 N–H and O–H groups in total. The van der Waals surface area contributed by atoms with Crippen LogP contribution in [0.1, 0.15) is 41.4 Å². The molecule has 0 aliphatic carbocycles. The number of carbonyl (C=O) groups is 1. The van der Waals surface area contributed by atoms with Gasteiger partial charge in [-0.05, 0) is 43.8 Å². The third-order valence-electron chi connectivity index (χ3n) is 4.70. The molecule has 5 heteroatoms. The molecule has 1 aromatic carbocycles. The fourth-order valence-corrected chi connectivity index (χ4v) is 3.31. The maximum absolute atomic E-state index is 12.5. The van der Waals surface area contributed by atoms with Gasteiger partial charge in [-0.3, -0.25) is 9.48 Å². The number of benzene rings is 1. The van der Waals surface area contributed by atoms with Gasteiger partial charge in [-0.15, -0.1) is 0 Å². The predicted molar refractivity (Wildman–Crippen MR) is 95.1 cm³/mol. The minimum Gasteiger partial charge on any atom is -0.352 e. The van der Waals surface area contributed by atoms with Crippen molar-refractivity contribution in [2.24, 2.45) is 5.92 Å². The average Bonchev–Trinajstić information content (AvgIpc) is 3.25. The highest BCUT2D eigenvalue weighted by Gasteiger charge is 2.18. The van der Waals surface area contributed by atoms with Crippen LogP contribution >= 0.6 is 0 Å². The van der Waals surface area contributed by atoms with Gasteiger partial charge in [0.1, 0.15) is 0 Å². The van der Waals surface area contributed by atoms with Gasteiger partial charge in [0.2, 0.25) is 0 Å². The van der Waals surface area contributed by atoms with Crippen molar-refractivity contribution in [3.05, 3.63) is 53.3 Å². The number of rotatable bonds is 7. The second-order valence-corrected chi connectivity index (χ2v) is 6.41. The van der Waals surface area contributed by atoms with Gasteiger partial charge >= 0.3 is 0 Å². The van der Waals surface area contributed by atoms with Crippen LogP contribution in [0.15, 0.2) is 36.5 Å². The van der Waals surface area contributed by atoms with Gasteiger partial charge in [-0.2, -0.15) is 5.10 Å². The molecule has 0 saturated carbocycles. The maximum atomic E-state index is 12.5. The quantitative estimate of drug-likeness (QED) is 0.820. The Morgan fingerprint density at radius 1 is 1.38 bits per heavy atom. The molecule has 0 bridgehead atoms. The van der Waals surface area contributed by atoms with E-state index in [-0.39, 0.29) is 5.91 Å². The van der Waals surface area contributed by atoms with Crippen LogP contribution in [0, 0.1) is 5.92 Å². The Bertz CT molecular complexity index is 659. The minimum absolute atomic E-state index is 0.00267. The molecule has 1 saturated heterocycles. The summed E-state index contributed by atoms with van der Waals surface area (Å²) >= 11 is 0. The summed E-state index contributed by atoms with van der Waals surface area (Å²) in [5.74, 6) is 0.689. The molecular formula is C19H26N4O. The molecule has 128 valence electrons. The molecule has 0 spiro atoms. The first-order chi connectivity index (χ1) is 11.8. The van der Waals surface area contributed by atoms with Crippen LogP contribution in [0.5, 0.6) is 0 Å². The van der Waals surface area contributed by atoms with Crippen molar-refractivity contribution in [2.75, 3.05) is 19.6 Å². The first kappa shape index (κ1) is 16.7. The van der Waals surface area contributed by atoms with Gasteiger partial charge in [0, 0.05) is 6.54 Å². The molecule has 1 aromatic heterocycles. The Morgan fingerprint density at radius 2 is 2.21 bits per heavy atom. The topological polar surface area (TPSA) is 59.0 Å². The monoisotopic (exact) mass is 326 g/mol. The number of amides is 1. The van der Waals surface area contributed by atoms with Crippen molar-refractivity contribution >= 4 is 5.91 Å². The summed E-state index contributed by atoms with van der Waals surface area (Å²) in [7, 11) is 0. The molecule has 3 rings (SSSR count). The van der Waals surface area contributed by atoms with E-state index in [9.17, 15) is 4.79 Å². The van der Waals surface area contributed by atoms with Crippen LogP contribution in [0.25, 0.3) is 0 Å². The summed E-state index contributed by atoms with van der Waals surface area (Å²) in [6.07, 6.45) is 4.75. The first-order valence-electron chi connectivity index (χ1n) is 8.85. The van der Waals surface area contributed by atoms with E-state index in [1.807, 2.05) is 22.9 Å². The molecule has 24 heavy (non-hydrogen) atoms. The van der Waals surface area contributed by atoms with Crippen molar-refractivity contribution < 1.29 is 4.79 Å². The molecule has 1 aliphatic heterocycles. The summed E-state index contributed by atoms with van der Waals surface area (Å²) in [5.41, 5.74) is 2.90. The first-order valence-corrected chi connectivity index (χ1v) is 8.85. The third-order valence-corrected chi connectivity index (χ3v) is 4.70. The molecule has 0 radical (unpaired) electrons. The van der Waals surface area contributed by atoms with Crippen LogP contribution in [0.3, 0.4) is 0 Å². The van der Waals surface area contributed by atoms with Gasteiger partial charge in [-0.25, -0.2) is 0 Å². The largest absolute Gasteiger partial charge is 0.352 e. The summed E-state index contributed by atoms with van der Waals surface area (Å²) in [5, 5.41) is 10.9. The summed E-state index contributed by atoms with van der Waals surface area (Å²) in [4.78, 5) is 12.5. The highest BCUT2D eigenvalue weighted by molar-refractivity contribution is 5.95. The lowest BCUT2D eigenvalue weighted by Crippen LogP contribution is -2.27. The van der Waals surface area contributed by atoms with E-state index in [4.69, 9.17) is 0 Å². The predicted octanol–water partition coefficient (Wildman–Crippen LogP) is 2.22. The molecule has 1 aliphatic rings. The average molecular weight is 326 g/mol. The Morgan fingerprint density at radius 3 is 2.92 bits per heavy atom.